The first kappa shape index (κ1) is 19.2. The molecule has 3 aromatic heterocycles. The SMILES string of the molecule is CCC(C)n1c(C)c(C)n2c3c(=O)n(CCc4ccccc4)c(=O)n(C)c3nc12. The summed E-state index contributed by atoms with van der Waals surface area (Å²) in [5.41, 5.74) is 3.46. The summed E-state index contributed by atoms with van der Waals surface area (Å²) in [4.78, 5) is 31.0. The third kappa shape index (κ3) is 2.84. The normalized spacial score (nSPS) is 12.9. The molecule has 0 saturated carbocycles. The van der Waals surface area contributed by atoms with E-state index in [2.05, 4.69) is 25.3 Å². The molecule has 0 N–H and O–H groups in total. The van der Waals surface area contributed by atoms with E-state index in [0.29, 0.717) is 24.1 Å². The van der Waals surface area contributed by atoms with Gasteiger partial charge in [0.2, 0.25) is 5.78 Å². The lowest BCUT2D eigenvalue weighted by Gasteiger charge is -2.13. The molecule has 0 saturated heterocycles. The first-order valence-electron chi connectivity index (χ1n) is 10.1. The summed E-state index contributed by atoms with van der Waals surface area (Å²) in [6, 6.07) is 10.1. The molecule has 29 heavy (non-hydrogen) atoms. The van der Waals surface area contributed by atoms with E-state index in [9.17, 15) is 9.59 Å². The summed E-state index contributed by atoms with van der Waals surface area (Å²) < 4.78 is 6.90. The van der Waals surface area contributed by atoms with Gasteiger partial charge in [0.25, 0.3) is 5.56 Å². The molecule has 3 heterocycles. The molecule has 0 bridgehead atoms. The van der Waals surface area contributed by atoms with Gasteiger partial charge in [-0.05, 0) is 39.2 Å². The van der Waals surface area contributed by atoms with Crippen molar-refractivity contribution in [2.45, 2.75) is 53.1 Å². The molecule has 1 atom stereocenters. The molecule has 0 radical (unpaired) electrons. The number of hydrogen-bond donors (Lipinski definition) is 0. The monoisotopic (exact) mass is 393 g/mol. The van der Waals surface area contributed by atoms with Gasteiger partial charge in [-0.2, -0.15) is 4.98 Å². The van der Waals surface area contributed by atoms with E-state index >= 15 is 0 Å². The number of fused-ring (bicyclic) bond motifs is 3. The summed E-state index contributed by atoms with van der Waals surface area (Å²) in [6.07, 6.45) is 1.57. The Hall–Kier alpha value is -3.09. The van der Waals surface area contributed by atoms with Gasteiger partial charge in [-0.3, -0.25) is 18.3 Å². The Labute approximate surface area is 168 Å². The van der Waals surface area contributed by atoms with Crippen LogP contribution in [0, 0.1) is 13.8 Å². The van der Waals surface area contributed by atoms with Gasteiger partial charge in [0.1, 0.15) is 0 Å². The topological polar surface area (TPSA) is 66.2 Å². The van der Waals surface area contributed by atoms with E-state index in [-0.39, 0.29) is 17.3 Å². The second kappa shape index (κ2) is 7.06. The maximum atomic E-state index is 13.4. The van der Waals surface area contributed by atoms with E-state index in [0.717, 1.165) is 29.1 Å². The van der Waals surface area contributed by atoms with Crippen LogP contribution >= 0.6 is 0 Å². The summed E-state index contributed by atoms with van der Waals surface area (Å²) in [6.45, 7) is 8.66. The van der Waals surface area contributed by atoms with E-state index < -0.39 is 0 Å². The summed E-state index contributed by atoms with van der Waals surface area (Å²) in [7, 11) is 1.69. The predicted octanol–water partition coefficient (Wildman–Crippen LogP) is 2.98. The van der Waals surface area contributed by atoms with Crippen molar-refractivity contribution in [3.8, 4) is 0 Å². The van der Waals surface area contributed by atoms with Crippen LogP contribution in [0.5, 0.6) is 0 Å². The van der Waals surface area contributed by atoms with Crippen molar-refractivity contribution in [2.24, 2.45) is 7.05 Å². The Balaban J connectivity index is 1.97. The molecular weight excluding hydrogens is 366 g/mol. The highest BCUT2D eigenvalue weighted by atomic mass is 16.2. The number of aromatic nitrogens is 5. The fourth-order valence-corrected chi connectivity index (χ4v) is 4.07. The van der Waals surface area contributed by atoms with Crippen LogP contribution in [0.25, 0.3) is 16.9 Å². The van der Waals surface area contributed by atoms with E-state index in [4.69, 9.17) is 4.98 Å². The molecule has 4 rings (SSSR count). The summed E-state index contributed by atoms with van der Waals surface area (Å²) in [5.74, 6) is 0.720. The zero-order chi connectivity index (χ0) is 20.9. The minimum absolute atomic E-state index is 0.250. The van der Waals surface area contributed by atoms with Crippen molar-refractivity contribution in [3.63, 3.8) is 0 Å². The highest BCUT2D eigenvalue weighted by molar-refractivity contribution is 5.76. The van der Waals surface area contributed by atoms with Crippen molar-refractivity contribution < 1.29 is 0 Å². The number of benzene rings is 1. The minimum Gasteiger partial charge on any atom is -0.311 e. The first-order valence-corrected chi connectivity index (χ1v) is 10.1. The Morgan fingerprint density at radius 1 is 1.07 bits per heavy atom. The van der Waals surface area contributed by atoms with Crippen LogP contribution in [-0.4, -0.2) is 23.1 Å². The molecule has 7 heteroatoms. The number of aryl methyl sites for hydroxylation is 3. The average molecular weight is 393 g/mol. The van der Waals surface area contributed by atoms with Crippen LogP contribution in [0.15, 0.2) is 39.9 Å². The minimum atomic E-state index is -0.330. The summed E-state index contributed by atoms with van der Waals surface area (Å²) in [5, 5.41) is 0. The standard InChI is InChI=1S/C22H27N5O2/c1-6-14(2)26-15(3)16(4)27-18-19(23-21(26)27)24(5)22(29)25(20(18)28)13-12-17-10-8-7-9-11-17/h7-11,14H,6,12-13H2,1-5H3. The van der Waals surface area contributed by atoms with Gasteiger partial charge in [-0.25, -0.2) is 4.79 Å². The van der Waals surface area contributed by atoms with Crippen molar-refractivity contribution in [1.29, 1.82) is 0 Å². The smallest absolute Gasteiger partial charge is 0.311 e. The Morgan fingerprint density at radius 3 is 2.41 bits per heavy atom. The molecule has 0 fully saturated rings. The van der Waals surface area contributed by atoms with Crippen molar-refractivity contribution in [2.75, 3.05) is 0 Å². The largest absolute Gasteiger partial charge is 0.332 e. The van der Waals surface area contributed by atoms with Gasteiger partial charge in [0.15, 0.2) is 11.2 Å². The number of imidazole rings is 2. The first-order chi connectivity index (χ1) is 13.9. The Morgan fingerprint density at radius 2 is 1.76 bits per heavy atom. The van der Waals surface area contributed by atoms with Gasteiger partial charge in [-0.15, -0.1) is 0 Å². The fraction of sp³-hybridized carbons (Fsp3) is 0.409. The second-order valence-electron chi connectivity index (χ2n) is 7.75. The number of hydrogen-bond acceptors (Lipinski definition) is 3. The van der Waals surface area contributed by atoms with Crippen LogP contribution in [0.2, 0.25) is 0 Å². The van der Waals surface area contributed by atoms with E-state index in [1.54, 1.807) is 7.05 Å². The lowest BCUT2D eigenvalue weighted by Crippen LogP contribution is -2.39. The average Bonchev–Trinajstić information content (AvgIpc) is 3.22. The molecule has 0 aliphatic rings. The molecule has 1 aromatic carbocycles. The molecule has 0 amide bonds. The molecule has 0 aliphatic carbocycles. The van der Waals surface area contributed by atoms with Gasteiger partial charge >= 0.3 is 5.69 Å². The molecule has 152 valence electrons. The number of rotatable bonds is 5. The van der Waals surface area contributed by atoms with Crippen LogP contribution in [0.3, 0.4) is 0 Å². The van der Waals surface area contributed by atoms with E-state index in [1.807, 2.05) is 41.7 Å². The zero-order valence-electron chi connectivity index (χ0n) is 17.6. The van der Waals surface area contributed by atoms with Crippen molar-refractivity contribution in [1.82, 2.24) is 23.1 Å². The van der Waals surface area contributed by atoms with E-state index in [1.165, 1.54) is 9.13 Å². The third-order valence-corrected chi connectivity index (χ3v) is 6.06. The lowest BCUT2D eigenvalue weighted by molar-refractivity contribution is 0.532. The molecule has 7 nitrogen and oxygen atoms in total. The molecular formula is C22H27N5O2. The molecule has 0 aliphatic heterocycles. The second-order valence-corrected chi connectivity index (χ2v) is 7.75. The van der Waals surface area contributed by atoms with Gasteiger partial charge < -0.3 is 4.57 Å². The fourth-order valence-electron chi connectivity index (χ4n) is 4.07. The lowest BCUT2D eigenvalue weighted by atomic mass is 10.1. The van der Waals surface area contributed by atoms with Gasteiger partial charge in [0.05, 0.1) is 0 Å². The predicted molar refractivity (Wildman–Crippen MR) is 115 cm³/mol. The van der Waals surface area contributed by atoms with Crippen LogP contribution in [0.4, 0.5) is 0 Å². The quantitative estimate of drug-likeness (QED) is 0.524. The van der Waals surface area contributed by atoms with Crippen LogP contribution < -0.4 is 11.2 Å². The maximum Gasteiger partial charge on any atom is 0.332 e. The Kier molecular flexibility index (Phi) is 4.68. The van der Waals surface area contributed by atoms with Crippen molar-refractivity contribution >= 4 is 16.9 Å². The number of nitrogens with zero attached hydrogens (tertiary/aromatic N) is 5. The highest BCUT2D eigenvalue weighted by Crippen LogP contribution is 2.25. The molecule has 1 unspecified atom stereocenters. The van der Waals surface area contributed by atoms with Gasteiger partial charge in [0, 0.05) is 31.0 Å². The van der Waals surface area contributed by atoms with Crippen LogP contribution in [-0.2, 0) is 20.0 Å². The van der Waals surface area contributed by atoms with Crippen molar-refractivity contribution in [3.05, 3.63) is 68.1 Å². The zero-order valence-corrected chi connectivity index (χ0v) is 17.6. The maximum absolute atomic E-state index is 13.4. The third-order valence-electron chi connectivity index (χ3n) is 6.06. The molecule has 4 aromatic rings. The van der Waals surface area contributed by atoms with Crippen LogP contribution in [0.1, 0.15) is 43.3 Å². The Bertz CT molecular complexity index is 1320. The van der Waals surface area contributed by atoms with Gasteiger partial charge in [-0.1, -0.05) is 37.3 Å². The molecule has 0 spiro atoms. The highest BCUT2D eigenvalue weighted by Gasteiger charge is 2.23. The summed E-state index contributed by atoms with van der Waals surface area (Å²) >= 11 is 0.